The number of nitrogens with zero attached hydrogens (tertiary/aromatic N) is 2. The molecule has 30 heavy (non-hydrogen) atoms. The van der Waals surface area contributed by atoms with E-state index in [4.69, 9.17) is 0 Å². The summed E-state index contributed by atoms with van der Waals surface area (Å²) in [6, 6.07) is 37.5. The Hall–Kier alpha value is -0.995. The SMILES string of the molecule is [AlH2][N]([AlH2])c1ccc([I-]c2ccc(N(I)c3ccc(-c4ccccc4)cc3)cc2)cc1. The van der Waals surface area contributed by atoms with Gasteiger partial charge in [0.15, 0.2) is 0 Å². The van der Waals surface area contributed by atoms with Gasteiger partial charge in [-0.3, -0.25) is 0 Å². The van der Waals surface area contributed by atoms with E-state index in [9.17, 15) is 0 Å². The van der Waals surface area contributed by atoms with Crippen molar-refractivity contribution in [2.75, 3.05) is 5.98 Å². The van der Waals surface area contributed by atoms with Gasteiger partial charge in [-0.2, -0.15) is 0 Å². The minimum absolute atomic E-state index is 0.139. The average Bonchev–Trinajstić information content (AvgIpc) is 2.80. The van der Waals surface area contributed by atoms with Gasteiger partial charge in [-0.25, -0.2) is 0 Å². The van der Waals surface area contributed by atoms with Crippen LogP contribution in [0.25, 0.3) is 11.1 Å². The van der Waals surface area contributed by atoms with Crippen LogP contribution in [0, 0.1) is 7.14 Å². The van der Waals surface area contributed by atoms with Crippen molar-refractivity contribution in [2.45, 2.75) is 0 Å². The summed E-state index contributed by atoms with van der Waals surface area (Å²) in [5.74, 6) is 0. The molecule has 0 heterocycles. The van der Waals surface area contributed by atoms with Crippen molar-refractivity contribution in [3.05, 3.63) is 110 Å². The molecule has 2 nitrogen and oxygen atoms in total. The van der Waals surface area contributed by atoms with Crippen LogP contribution in [0.15, 0.2) is 103 Å². The Bertz CT molecular complexity index is 1080. The van der Waals surface area contributed by atoms with Gasteiger partial charge in [0.2, 0.25) is 0 Å². The molecule has 0 saturated carbocycles. The van der Waals surface area contributed by atoms with Crippen molar-refractivity contribution in [3.8, 4) is 11.1 Å². The van der Waals surface area contributed by atoms with Crippen LogP contribution >= 0.6 is 22.9 Å². The van der Waals surface area contributed by atoms with Crippen LogP contribution in [0.1, 0.15) is 0 Å². The fourth-order valence-electron chi connectivity index (χ4n) is 3.13. The summed E-state index contributed by atoms with van der Waals surface area (Å²) in [6.45, 7) is 0. The normalized spacial score (nSPS) is 10.7. The zero-order valence-corrected chi connectivity index (χ0v) is 25.3. The van der Waals surface area contributed by atoms with Gasteiger partial charge in [0.05, 0.1) is 0 Å². The number of halogens is 2. The van der Waals surface area contributed by atoms with Gasteiger partial charge in [-0.05, 0) is 0 Å². The summed E-state index contributed by atoms with van der Waals surface area (Å²) in [6.07, 6.45) is 0. The maximum atomic E-state index is 2.41. The molecule has 0 N–H and O–H groups in total. The van der Waals surface area contributed by atoms with Gasteiger partial charge in [-0.1, -0.05) is 6.07 Å². The molecule has 4 aromatic carbocycles. The van der Waals surface area contributed by atoms with E-state index < -0.39 is 0 Å². The Morgan fingerprint density at radius 1 is 0.533 bits per heavy atom. The van der Waals surface area contributed by atoms with Gasteiger partial charge in [0.1, 0.15) is 0 Å². The van der Waals surface area contributed by atoms with Crippen LogP contribution in [0.4, 0.5) is 17.1 Å². The molecule has 4 aromatic rings. The Morgan fingerprint density at radius 2 is 0.967 bits per heavy atom. The molecule has 0 aliphatic rings. The standard InChI is InChI=1S/C24H17I2N2.2Al.4H/c25-28(23-14-6-19(7-15-23)18-4-2-1-3-5-18)24-16-10-21(11-17-24)26-20-8-12-22(27)13-9-20;;;;;;/h1-17H;;;;;;/q-1;;;;;;. The van der Waals surface area contributed by atoms with Crippen LogP contribution in [0.3, 0.4) is 0 Å². The van der Waals surface area contributed by atoms with Crippen LogP contribution in [0.5, 0.6) is 0 Å². The van der Waals surface area contributed by atoms with Gasteiger partial charge in [-0.15, -0.1) is 0 Å². The van der Waals surface area contributed by atoms with E-state index in [0.717, 1.165) is 33.0 Å². The minimum atomic E-state index is -0.139. The fraction of sp³-hybridized carbons (Fsp3) is 0. The molecular weight excluding hydrogens is 624 g/mol. The second-order valence-electron chi connectivity index (χ2n) is 7.14. The van der Waals surface area contributed by atoms with E-state index in [0.29, 0.717) is 0 Å². The Kier molecular flexibility index (Phi) is 7.81. The molecule has 4 rings (SSSR count). The quantitative estimate of drug-likeness (QED) is 0.180. The van der Waals surface area contributed by atoms with E-state index >= 15 is 0 Å². The van der Waals surface area contributed by atoms with E-state index in [2.05, 4.69) is 132 Å². The summed E-state index contributed by atoms with van der Waals surface area (Å²) in [5, 5.41) is 0. The molecule has 0 aliphatic heterocycles. The van der Waals surface area contributed by atoms with Crippen molar-refractivity contribution < 1.29 is 21.2 Å². The van der Waals surface area contributed by atoms with Crippen molar-refractivity contribution in [2.24, 2.45) is 0 Å². The molecule has 148 valence electrons. The summed E-state index contributed by atoms with van der Waals surface area (Å²) >= 11 is 4.47. The van der Waals surface area contributed by atoms with Gasteiger partial charge in [0.25, 0.3) is 0 Å². The first-order valence-corrected chi connectivity index (χ1v) is 14.6. The molecule has 0 aromatic heterocycles. The molecule has 0 unspecified atom stereocenters. The Labute approximate surface area is 219 Å². The first-order valence-electron chi connectivity index (χ1n) is 9.74. The molecule has 0 fully saturated rings. The van der Waals surface area contributed by atoms with Crippen molar-refractivity contribution >= 4 is 72.9 Å². The third-order valence-electron chi connectivity index (χ3n) is 4.82. The molecule has 6 heteroatoms. The van der Waals surface area contributed by atoms with Crippen molar-refractivity contribution in [3.63, 3.8) is 0 Å². The Morgan fingerprint density at radius 3 is 1.47 bits per heavy atom. The third kappa shape index (κ3) is 5.62. The summed E-state index contributed by atoms with van der Waals surface area (Å²) < 4.78 is 7.55. The zero-order chi connectivity index (χ0) is 20.9. The molecule has 0 aliphatic carbocycles. The maximum absolute atomic E-state index is 2.41. The molecule has 0 amide bonds. The zero-order valence-electron chi connectivity index (χ0n) is 17.0. The average molecular weight is 645 g/mol. The van der Waals surface area contributed by atoms with Crippen molar-refractivity contribution in [1.29, 1.82) is 0 Å². The van der Waals surface area contributed by atoms with Crippen molar-refractivity contribution in [1.82, 2.24) is 0 Å². The fourth-order valence-corrected chi connectivity index (χ4v) is 6.52. The molecular formula is C24H21Al2I2N2-. The van der Waals surface area contributed by atoms with Crippen LogP contribution in [-0.2, 0) is 0 Å². The predicted octanol–water partition coefficient (Wildman–Crippen LogP) is 1.87. The van der Waals surface area contributed by atoms with E-state index in [-0.39, 0.29) is 21.2 Å². The predicted molar refractivity (Wildman–Crippen MR) is 138 cm³/mol. The first kappa shape index (κ1) is 22.2. The molecule has 0 radical (unpaired) electrons. The summed E-state index contributed by atoms with van der Waals surface area (Å²) in [7, 11) is 0. The Balaban J connectivity index is 1.44. The molecule has 0 bridgehead atoms. The number of anilines is 3. The van der Waals surface area contributed by atoms with Crippen LogP contribution in [-0.4, -0.2) is 33.0 Å². The summed E-state index contributed by atoms with van der Waals surface area (Å²) in [5.41, 5.74) is 6.25. The molecule has 0 saturated heterocycles. The topological polar surface area (TPSA) is 6.48 Å². The van der Waals surface area contributed by atoms with Crippen LogP contribution < -0.4 is 27.2 Å². The second-order valence-corrected chi connectivity index (χ2v) is 15.6. The number of benzene rings is 4. The number of hydrogen-bond donors (Lipinski definition) is 0. The molecule has 0 atom stereocenters. The van der Waals surface area contributed by atoms with E-state index in [1.807, 2.05) is 0 Å². The molecule has 0 spiro atoms. The number of hydrogen-bond acceptors (Lipinski definition) is 2. The van der Waals surface area contributed by atoms with E-state index in [1.54, 1.807) is 0 Å². The van der Waals surface area contributed by atoms with Crippen LogP contribution in [0.2, 0.25) is 0 Å². The summed E-state index contributed by atoms with van der Waals surface area (Å²) in [4.78, 5) is 0. The van der Waals surface area contributed by atoms with Gasteiger partial charge < -0.3 is 0 Å². The van der Waals surface area contributed by atoms with Gasteiger partial charge >= 0.3 is 215 Å². The first-order chi connectivity index (χ1) is 14.6. The monoisotopic (exact) mass is 645 g/mol. The van der Waals surface area contributed by atoms with E-state index in [1.165, 1.54) is 35.3 Å². The number of rotatable bonds is 6. The van der Waals surface area contributed by atoms with Gasteiger partial charge in [0, 0.05) is 0 Å². The third-order valence-corrected chi connectivity index (χ3v) is 9.65. The second kappa shape index (κ2) is 10.5.